The van der Waals surface area contributed by atoms with E-state index in [0.29, 0.717) is 24.9 Å². The van der Waals surface area contributed by atoms with Gasteiger partial charge in [0.2, 0.25) is 0 Å². The lowest BCUT2D eigenvalue weighted by atomic mass is 9.15. The predicted octanol–water partition coefficient (Wildman–Crippen LogP) is 13.5. The Bertz CT molecular complexity index is 2900. The molecule has 9 fully saturated rings. The highest BCUT2D eigenvalue weighted by Gasteiger charge is 2.90. The van der Waals surface area contributed by atoms with E-state index in [-0.39, 0.29) is 63.8 Å². The molecule has 1 aliphatic heterocycles. The van der Waals surface area contributed by atoms with E-state index in [1.54, 1.807) is 12.7 Å². The Morgan fingerprint density at radius 3 is 2.43 bits per heavy atom. The molecule has 0 radical (unpaired) electrons. The fourth-order valence-electron chi connectivity index (χ4n) is 25.1. The Morgan fingerprint density at radius 1 is 0.838 bits per heavy atom. The number of methoxy groups -OCH3 is 1. The molecular weight excluding hydrogens is 913 g/mol. The number of carbonyl (C=O) groups is 1. The molecule has 0 aromatic heterocycles. The fourth-order valence-corrected chi connectivity index (χ4v) is 25.1. The lowest BCUT2D eigenvalue weighted by Gasteiger charge is -2.88. The molecule has 12 aliphatic rings. The van der Waals surface area contributed by atoms with Gasteiger partial charge >= 0.3 is 5.97 Å². The van der Waals surface area contributed by atoms with Gasteiger partial charge in [0.15, 0.2) is 5.79 Å². The van der Waals surface area contributed by atoms with Crippen molar-refractivity contribution in [3.63, 3.8) is 0 Å². The van der Waals surface area contributed by atoms with Gasteiger partial charge in [0.05, 0.1) is 24.2 Å². The largest absolute Gasteiger partial charge is 0.481 e. The number of aliphatic hydroxyl groups excluding tert-OH is 1. The van der Waals surface area contributed by atoms with Crippen molar-refractivity contribution in [1.29, 1.82) is 0 Å². The van der Waals surface area contributed by atoms with Gasteiger partial charge in [-0.15, -0.1) is 5.92 Å². The second-order valence-corrected chi connectivity index (χ2v) is 29.3. The number of aliphatic hydroxyl groups is 2. The van der Waals surface area contributed by atoms with Gasteiger partial charge in [-0.05, 0) is 218 Å². The number of benzene rings is 3. The van der Waals surface area contributed by atoms with Gasteiger partial charge in [0.1, 0.15) is 0 Å². The maximum Gasteiger partial charge on any atom is 0.309 e. The third-order valence-electron chi connectivity index (χ3n) is 27.4. The van der Waals surface area contributed by atoms with Gasteiger partial charge in [-0.2, -0.15) is 0 Å². The van der Waals surface area contributed by atoms with Gasteiger partial charge in [-0.1, -0.05) is 107 Å². The van der Waals surface area contributed by atoms with Crippen LogP contribution in [0, 0.1) is 97.1 Å². The minimum absolute atomic E-state index is 0.00906. The molecule has 0 amide bonds. The van der Waals surface area contributed by atoms with Crippen molar-refractivity contribution in [2.75, 3.05) is 13.7 Å². The molecule has 1 heterocycles. The molecule has 5 spiro atoms. The van der Waals surface area contributed by atoms with Crippen LogP contribution in [0.25, 0.3) is 10.8 Å². The Balaban J connectivity index is 1.01. The zero-order chi connectivity index (χ0) is 50.6. The van der Waals surface area contributed by atoms with Crippen LogP contribution in [-0.4, -0.2) is 53.0 Å². The van der Waals surface area contributed by atoms with E-state index in [9.17, 15) is 20.1 Å². The third kappa shape index (κ3) is 5.50. The Hall–Kier alpha value is -3.21. The fraction of sp³-hybridized carbons (Fsp3) is 0.721. The third-order valence-corrected chi connectivity index (χ3v) is 27.4. The molecule has 7 bridgehead atoms. The van der Waals surface area contributed by atoms with Crippen molar-refractivity contribution in [1.82, 2.24) is 0 Å². The average Bonchev–Trinajstić information content (AvgIpc) is 4.07. The smallest absolute Gasteiger partial charge is 0.309 e. The Kier molecular flexibility index (Phi) is 10.2. The lowest BCUT2D eigenvalue weighted by Crippen LogP contribution is -2.85. The number of hydrogen-bond donors (Lipinski definition) is 3. The highest BCUT2D eigenvalue weighted by Crippen LogP contribution is 2.93. The molecule has 3 N–H and O–H groups in total. The van der Waals surface area contributed by atoms with Crippen LogP contribution in [0.2, 0.25) is 0 Å². The number of rotatable bonds is 9. The molecular formula is C68H86O6. The van der Waals surface area contributed by atoms with Gasteiger partial charge < -0.3 is 24.8 Å². The van der Waals surface area contributed by atoms with Crippen LogP contribution in [0.1, 0.15) is 190 Å². The minimum atomic E-state index is -1.39. The number of fused-ring (bicyclic) bond motifs is 5. The number of carboxylic acid groups (broad SMARTS) is 1. The highest BCUT2D eigenvalue weighted by molar-refractivity contribution is 5.94. The molecule has 20 atom stereocenters. The lowest BCUT2D eigenvalue weighted by molar-refractivity contribution is -0.367. The van der Waals surface area contributed by atoms with Gasteiger partial charge in [-0.3, -0.25) is 4.79 Å². The topological polar surface area (TPSA) is 96.2 Å². The number of aliphatic carboxylic acids is 1. The summed E-state index contributed by atoms with van der Waals surface area (Å²) in [6.07, 6.45) is 23.0. The van der Waals surface area contributed by atoms with Crippen molar-refractivity contribution in [3.05, 3.63) is 82.4 Å². The SMILES string of the molecule is CCCC1C2(O)CC(O)C3C1(CCC14C#CCC(C5CCC6CCCC6C5)CCC56C7C(C8CC59CC31Cc1ccc3cccc8c3c19)C(C)(C(=O)O)CCC7(C)CCC46C)C(Cc1ccc(CCOC)cc1)O2. The highest BCUT2D eigenvalue weighted by atomic mass is 16.6. The van der Waals surface area contributed by atoms with Gasteiger partial charge in [0, 0.05) is 48.0 Å². The second-order valence-electron chi connectivity index (χ2n) is 29.3. The molecule has 8 saturated carbocycles. The van der Waals surface area contributed by atoms with E-state index in [0.717, 1.165) is 102 Å². The van der Waals surface area contributed by atoms with Crippen LogP contribution < -0.4 is 0 Å². The monoisotopic (exact) mass is 999 g/mol. The number of ether oxygens (including phenoxy) is 2. The van der Waals surface area contributed by atoms with Crippen LogP contribution in [0.4, 0.5) is 0 Å². The zero-order valence-electron chi connectivity index (χ0n) is 45.6. The molecule has 1 saturated heterocycles. The number of carboxylic acids is 1. The summed E-state index contributed by atoms with van der Waals surface area (Å²) in [6, 6.07) is 21.2. The molecule has 3 aromatic rings. The van der Waals surface area contributed by atoms with Crippen LogP contribution in [0.5, 0.6) is 0 Å². The second kappa shape index (κ2) is 15.8. The van der Waals surface area contributed by atoms with Crippen molar-refractivity contribution in [3.8, 4) is 11.8 Å². The van der Waals surface area contributed by atoms with Gasteiger partial charge in [0.25, 0.3) is 0 Å². The first-order chi connectivity index (χ1) is 35.6. The summed E-state index contributed by atoms with van der Waals surface area (Å²) in [5.41, 5.74) is 4.29. The van der Waals surface area contributed by atoms with E-state index in [1.165, 1.54) is 78.0 Å². The first kappa shape index (κ1) is 48.0. The maximum absolute atomic E-state index is 14.5. The Morgan fingerprint density at radius 2 is 1.62 bits per heavy atom. The first-order valence-electron chi connectivity index (χ1n) is 30.6. The van der Waals surface area contributed by atoms with Crippen LogP contribution in [0.3, 0.4) is 0 Å². The van der Waals surface area contributed by atoms with Crippen molar-refractivity contribution in [2.45, 2.75) is 205 Å². The van der Waals surface area contributed by atoms with E-state index >= 15 is 0 Å². The number of hydrogen-bond acceptors (Lipinski definition) is 5. The molecule has 74 heavy (non-hydrogen) atoms. The zero-order valence-corrected chi connectivity index (χ0v) is 45.6. The van der Waals surface area contributed by atoms with Crippen molar-refractivity contribution in [2.24, 2.45) is 85.2 Å². The summed E-state index contributed by atoms with van der Waals surface area (Å²) in [5, 5.41) is 41.8. The molecule has 20 unspecified atom stereocenters. The van der Waals surface area contributed by atoms with E-state index < -0.39 is 39.5 Å². The standard InChI is InChI=1S/C68H86O6/c1-6-10-52-66-33-32-65-26-9-14-44(47-22-20-43-11-7-13-46(43)36-47)24-27-67-58-56(61(3,59(70)71)30-28-60(58,2)29-31-62(65,67)4)50-38-63(67)40-64(65,37-48-23-21-45-12-8-15-49(50)54(45)55(48)63)57(66)51(69)39-68(52,72)74-53(66)35-42-18-16-41(17-19-42)25-34-73-5/h8,12,15-19,21,23,43-44,46-47,50-53,56-58,69,72H,6-7,10-11,13-14,20,22,24-25,27-40H2,1-5H3,(H,70,71). The van der Waals surface area contributed by atoms with Gasteiger partial charge in [-0.25, -0.2) is 0 Å². The molecule has 15 rings (SSSR count). The molecule has 6 heteroatoms. The van der Waals surface area contributed by atoms with Crippen LogP contribution in [-0.2, 0) is 38.9 Å². The quantitative estimate of drug-likeness (QED) is 0.185. The summed E-state index contributed by atoms with van der Waals surface area (Å²) >= 11 is 0. The summed E-state index contributed by atoms with van der Waals surface area (Å²) < 4.78 is 12.9. The summed E-state index contributed by atoms with van der Waals surface area (Å²) in [5.74, 6) is 10.2. The molecule has 6 nitrogen and oxygen atoms in total. The normalized spacial score (nSPS) is 50.3. The molecule has 3 aromatic carbocycles. The summed E-state index contributed by atoms with van der Waals surface area (Å²) in [6.45, 7) is 10.7. The first-order valence-corrected chi connectivity index (χ1v) is 30.6. The average molecular weight is 999 g/mol. The minimum Gasteiger partial charge on any atom is -0.481 e. The molecule has 11 aliphatic carbocycles. The van der Waals surface area contributed by atoms with E-state index in [1.807, 2.05) is 0 Å². The van der Waals surface area contributed by atoms with Crippen molar-refractivity contribution >= 4 is 16.7 Å². The molecule has 394 valence electrons. The van der Waals surface area contributed by atoms with Crippen molar-refractivity contribution < 1.29 is 29.6 Å². The van der Waals surface area contributed by atoms with E-state index in [2.05, 4.69) is 94.1 Å². The van der Waals surface area contributed by atoms with E-state index in [4.69, 9.17) is 9.47 Å². The van der Waals surface area contributed by atoms with Crippen LogP contribution in [0.15, 0.2) is 54.6 Å². The maximum atomic E-state index is 14.5. The van der Waals surface area contributed by atoms with Crippen LogP contribution >= 0.6 is 0 Å². The predicted molar refractivity (Wildman–Crippen MR) is 289 cm³/mol. The summed E-state index contributed by atoms with van der Waals surface area (Å²) in [7, 11) is 1.77. The summed E-state index contributed by atoms with van der Waals surface area (Å²) in [4.78, 5) is 14.5. The Labute approximate surface area is 442 Å².